The van der Waals surface area contributed by atoms with E-state index in [1.54, 1.807) is 18.2 Å². The molecule has 1 unspecified atom stereocenters. The van der Waals surface area contributed by atoms with E-state index in [1.165, 1.54) is 18.2 Å². The summed E-state index contributed by atoms with van der Waals surface area (Å²) in [6.07, 6.45) is 2.97. The van der Waals surface area contributed by atoms with Gasteiger partial charge in [-0.25, -0.2) is 4.39 Å². The number of halogens is 1. The van der Waals surface area contributed by atoms with Crippen LogP contribution in [0.1, 0.15) is 24.1 Å². The maximum atomic E-state index is 13.1. The van der Waals surface area contributed by atoms with Crippen LogP contribution in [0.2, 0.25) is 0 Å². The maximum Gasteiger partial charge on any atom is 0.244 e. The number of fused-ring (bicyclic) bond motifs is 1. The average molecular weight is 327 g/mol. The Bertz CT molecular complexity index is 773. The van der Waals surface area contributed by atoms with Gasteiger partial charge in [0.05, 0.1) is 6.04 Å². The molecule has 1 aliphatic heterocycles. The fourth-order valence-electron chi connectivity index (χ4n) is 2.46. The van der Waals surface area contributed by atoms with Gasteiger partial charge in [0, 0.05) is 6.08 Å². The van der Waals surface area contributed by atoms with Crippen LogP contribution in [-0.2, 0) is 4.79 Å². The first-order valence-corrected chi connectivity index (χ1v) is 7.75. The van der Waals surface area contributed by atoms with Crippen molar-refractivity contribution in [2.75, 3.05) is 13.2 Å². The van der Waals surface area contributed by atoms with Gasteiger partial charge in [0.1, 0.15) is 19.0 Å². The van der Waals surface area contributed by atoms with E-state index < -0.39 is 0 Å². The van der Waals surface area contributed by atoms with Gasteiger partial charge in [-0.3, -0.25) is 4.79 Å². The van der Waals surface area contributed by atoms with Gasteiger partial charge in [0.2, 0.25) is 5.91 Å². The largest absolute Gasteiger partial charge is 0.486 e. The second-order valence-corrected chi connectivity index (χ2v) is 5.52. The minimum absolute atomic E-state index is 0.189. The lowest BCUT2D eigenvalue weighted by Gasteiger charge is -2.20. The van der Waals surface area contributed by atoms with Crippen LogP contribution in [-0.4, -0.2) is 19.1 Å². The van der Waals surface area contributed by atoms with Gasteiger partial charge in [-0.15, -0.1) is 0 Å². The highest BCUT2D eigenvalue weighted by Crippen LogP contribution is 2.32. The number of benzene rings is 2. The van der Waals surface area contributed by atoms with Crippen molar-refractivity contribution in [2.24, 2.45) is 0 Å². The zero-order valence-electron chi connectivity index (χ0n) is 13.3. The lowest BCUT2D eigenvalue weighted by molar-refractivity contribution is -0.117. The van der Waals surface area contributed by atoms with Crippen LogP contribution < -0.4 is 14.8 Å². The Morgan fingerprint density at radius 1 is 1.17 bits per heavy atom. The molecule has 0 spiro atoms. The summed E-state index contributed by atoms with van der Waals surface area (Å²) in [5.74, 6) is 0.827. The van der Waals surface area contributed by atoms with Crippen LogP contribution in [0.3, 0.4) is 0 Å². The summed E-state index contributed by atoms with van der Waals surface area (Å²) >= 11 is 0. The standard InChI is InChI=1S/C19H18FNO3/c1-13(15-6-7-17-18(12-15)24-10-9-23-17)21-19(22)8-5-14-3-2-4-16(20)11-14/h2-8,11-13H,9-10H2,1H3,(H,21,22). The van der Waals surface area contributed by atoms with E-state index in [-0.39, 0.29) is 17.8 Å². The van der Waals surface area contributed by atoms with Gasteiger partial charge >= 0.3 is 0 Å². The number of rotatable bonds is 4. The third kappa shape index (κ3) is 3.93. The summed E-state index contributed by atoms with van der Waals surface area (Å²) in [5.41, 5.74) is 1.56. The van der Waals surface area contributed by atoms with Crippen molar-refractivity contribution >= 4 is 12.0 Å². The molecule has 2 aromatic carbocycles. The summed E-state index contributed by atoms with van der Waals surface area (Å²) in [4.78, 5) is 12.0. The fourth-order valence-corrected chi connectivity index (χ4v) is 2.46. The topological polar surface area (TPSA) is 47.6 Å². The van der Waals surface area contributed by atoms with Gasteiger partial charge in [-0.2, -0.15) is 0 Å². The van der Waals surface area contributed by atoms with E-state index in [4.69, 9.17) is 9.47 Å². The molecule has 5 heteroatoms. The summed E-state index contributed by atoms with van der Waals surface area (Å²) in [6, 6.07) is 11.5. The Morgan fingerprint density at radius 2 is 1.96 bits per heavy atom. The van der Waals surface area contributed by atoms with Crippen LogP contribution >= 0.6 is 0 Å². The molecule has 1 heterocycles. The Balaban J connectivity index is 1.63. The molecule has 124 valence electrons. The van der Waals surface area contributed by atoms with Crippen molar-refractivity contribution < 1.29 is 18.7 Å². The smallest absolute Gasteiger partial charge is 0.244 e. The SMILES string of the molecule is CC(NC(=O)C=Cc1cccc(F)c1)c1ccc2c(c1)OCCO2. The monoisotopic (exact) mass is 327 g/mol. The lowest BCUT2D eigenvalue weighted by atomic mass is 10.1. The average Bonchev–Trinajstić information content (AvgIpc) is 2.59. The van der Waals surface area contributed by atoms with E-state index >= 15 is 0 Å². The number of amides is 1. The third-order valence-corrected chi connectivity index (χ3v) is 3.70. The molecule has 0 radical (unpaired) electrons. The Morgan fingerprint density at radius 3 is 2.75 bits per heavy atom. The lowest BCUT2D eigenvalue weighted by Crippen LogP contribution is -2.25. The quantitative estimate of drug-likeness (QED) is 0.875. The van der Waals surface area contributed by atoms with E-state index in [0.717, 1.165) is 11.3 Å². The molecule has 1 N–H and O–H groups in total. The van der Waals surface area contributed by atoms with Gasteiger partial charge in [0.25, 0.3) is 0 Å². The number of nitrogens with one attached hydrogen (secondary N) is 1. The van der Waals surface area contributed by atoms with Gasteiger partial charge in [-0.05, 0) is 48.4 Å². The third-order valence-electron chi connectivity index (χ3n) is 3.70. The van der Waals surface area contributed by atoms with E-state index in [2.05, 4.69) is 5.32 Å². The van der Waals surface area contributed by atoms with Crippen LogP contribution in [0.4, 0.5) is 4.39 Å². The maximum absolute atomic E-state index is 13.1. The van der Waals surface area contributed by atoms with E-state index in [0.29, 0.717) is 24.5 Å². The number of ether oxygens (including phenoxy) is 2. The highest BCUT2D eigenvalue weighted by atomic mass is 19.1. The summed E-state index contributed by atoms with van der Waals surface area (Å²) in [5, 5.41) is 2.87. The van der Waals surface area contributed by atoms with Crippen molar-refractivity contribution in [1.29, 1.82) is 0 Å². The number of hydrogen-bond acceptors (Lipinski definition) is 3. The first kappa shape index (κ1) is 16.1. The molecule has 0 aliphatic carbocycles. The molecule has 2 aromatic rings. The number of hydrogen-bond donors (Lipinski definition) is 1. The number of carbonyl (C=O) groups is 1. The number of carbonyl (C=O) groups excluding carboxylic acids is 1. The second kappa shape index (κ2) is 7.17. The van der Waals surface area contributed by atoms with Crippen LogP contribution in [0.5, 0.6) is 11.5 Å². The fraction of sp³-hybridized carbons (Fsp3) is 0.211. The molecule has 1 atom stereocenters. The van der Waals surface area contributed by atoms with Crippen LogP contribution in [0.15, 0.2) is 48.5 Å². The molecular weight excluding hydrogens is 309 g/mol. The normalized spacial score (nSPS) is 14.4. The summed E-state index contributed by atoms with van der Waals surface area (Å²) < 4.78 is 24.1. The Hall–Kier alpha value is -2.82. The van der Waals surface area contributed by atoms with Crippen molar-refractivity contribution in [1.82, 2.24) is 5.32 Å². The van der Waals surface area contributed by atoms with Gasteiger partial charge in [0.15, 0.2) is 11.5 Å². The predicted molar refractivity (Wildman–Crippen MR) is 89.4 cm³/mol. The van der Waals surface area contributed by atoms with E-state index in [9.17, 15) is 9.18 Å². The van der Waals surface area contributed by atoms with Crippen molar-refractivity contribution in [2.45, 2.75) is 13.0 Å². The van der Waals surface area contributed by atoms with Gasteiger partial charge in [-0.1, -0.05) is 18.2 Å². The predicted octanol–water partition coefficient (Wildman–Crippen LogP) is 3.49. The molecule has 0 saturated heterocycles. The highest BCUT2D eigenvalue weighted by molar-refractivity contribution is 5.91. The van der Waals surface area contributed by atoms with Gasteiger partial charge < -0.3 is 14.8 Å². The van der Waals surface area contributed by atoms with Crippen molar-refractivity contribution in [3.05, 3.63) is 65.5 Å². The molecular formula is C19H18FNO3. The van der Waals surface area contributed by atoms with Crippen LogP contribution in [0, 0.1) is 5.82 Å². The molecule has 0 aromatic heterocycles. The molecule has 1 amide bonds. The second-order valence-electron chi connectivity index (χ2n) is 5.52. The molecule has 0 fully saturated rings. The first-order valence-electron chi connectivity index (χ1n) is 7.75. The highest BCUT2D eigenvalue weighted by Gasteiger charge is 2.15. The Kier molecular flexibility index (Phi) is 4.79. The molecule has 0 bridgehead atoms. The zero-order chi connectivity index (χ0) is 16.9. The first-order chi connectivity index (χ1) is 11.6. The van der Waals surface area contributed by atoms with Crippen molar-refractivity contribution in [3.8, 4) is 11.5 Å². The molecule has 4 nitrogen and oxygen atoms in total. The molecule has 0 saturated carbocycles. The zero-order valence-corrected chi connectivity index (χ0v) is 13.3. The molecule has 3 rings (SSSR count). The molecule has 1 aliphatic rings. The van der Waals surface area contributed by atoms with Crippen molar-refractivity contribution in [3.63, 3.8) is 0 Å². The molecule has 24 heavy (non-hydrogen) atoms. The van der Waals surface area contributed by atoms with Crippen LogP contribution in [0.25, 0.3) is 6.08 Å². The Labute approximate surface area is 139 Å². The summed E-state index contributed by atoms with van der Waals surface area (Å²) in [6.45, 7) is 2.95. The minimum atomic E-state index is -0.331. The summed E-state index contributed by atoms with van der Waals surface area (Å²) in [7, 11) is 0. The van der Waals surface area contributed by atoms with E-state index in [1.807, 2.05) is 25.1 Å². The minimum Gasteiger partial charge on any atom is -0.486 e.